The molecule has 0 unspecified atom stereocenters. The number of nitrogens with one attached hydrogen (secondary N) is 1. The van der Waals surface area contributed by atoms with E-state index in [9.17, 15) is 0 Å². The maximum atomic E-state index is 5.74. The van der Waals surface area contributed by atoms with Crippen LogP contribution in [0.4, 0.5) is 0 Å². The van der Waals surface area contributed by atoms with Crippen LogP contribution in [-0.2, 0) is 6.42 Å². The summed E-state index contributed by atoms with van der Waals surface area (Å²) < 4.78 is 5.24. The molecule has 2 aromatic rings. The van der Waals surface area contributed by atoms with E-state index in [0.29, 0.717) is 18.1 Å². The van der Waals surface area contributed by atoms with Gasteiger partial charge in [-0.1, -0.05) is 35.0 Å². The fourth-order valence-corrected chi connectivity index (χ4v) is 1.80. The summed E-state index contributed by atoms with van der Waals surface area (Å²) in [5.74, 6) is 1.58. The molecule has 0 aliphatic carbocycles. The molecule has 114 valence electrons. The number of aryl methyl sites for hydroxylation is 1. The van der Waals surface area contributed by atoms with Crippen LogP contribution in [0, 0.1) is 32.1 Å². The molecule has 6 heteroatoms. The molecule has 0 amide bonds. The van der Waals surface area contributed by atoms with Gasteiger partial charge in [0.05, 0.1) is 0 Å². The Bertz CT molecular complexity index is 539. The fraction of sp³-hybridized carbons (Fsp3) is 0.312. The molecular weight excluding hydrogens is 271 g/mol. The third-order valence-corrected chi connectivity index (χ3v) is 2.85. The summed E-state index contributed by atoms with van der Waals surface area (Å²) in [5, 5.41) is 9.74. The first-order valence-electron chi connectivity index (χ1n) is 6.75. The molecule has 5 nitrogen and oxygen atoms in total. The number of nitrogens with zero attached hydrogens (tertiary/aromatic N) is 2. The molecule has 0 saturated heterocycles. The van der Waals surface area contributed by atoms with E-state index in [1.54, 1.807) is 0 Å². The van der Waals surface area contributed by atoms with Crippen molar-refractivity contribution in [2.24, 2.45) is 11.7 Å². The van der Waals surface area contributed by atoms with Gasteiger partial charge in [0.25, 0.3) is 0 Å². The van der Waals surface area contributed by atoms with Gasteiger partial charge in [0.15, 0.2) is 0 Å². The van der Waals surface area contributed by atoms with Gasteiger partial charge >= 0.3 is 18.9 Å². The van der Waals surface area contributed by atoms with Crippen LogP contribution in [0.1, 0.15) is 24.3 Å². The third kappa shape index (κ3) is 6.93. The van der Waals surface area contributed by atoms with E-state index in [1.165, 1.54) is 11.9 Å². The molecule has 0 bridgehead atoms. The number of hydrogen-bond donors (Lipinski definition) is 2. The molecule has 1 atom stereocenters. The molecule has 1 aromatic heterocycles. The van der Waals surface area contributed by atoms with E-state index in [-0.39, 0.29) is 24.8 Å². The van der Waals surface area contributed by atoms with Crippen molar-refractivity contribution in [3.8, 4) is 11.4 Å². The average Bonchev–Trinajstić information content (AvgIpc) is 2.89. The summed E-state index contributed by atoms with van der Waals surface area (Å²) in [6, 6.07) is 8.08. The second-order valence-electron chi connectivity index (χ2n) is 4.73. The van der Waals surface area contributed by atoms with E-state index < -0.39 is 0 Å². The van der Waals surface area contributed by atoms with Crippen molar-refractivity contribution < 1.29 is 23.4 Å². The minimum Gasteiger partial charge on any atom is -0.563 e. The Morgan fingerprint density at radius 1 is 1.36 bits per heavy atom. The monoisotopic (exact) mass is 292 g/mol. The van der Waals surface area contributed by atoms with E-state index in [4.69, 9.17) is 9.93 Å². The molecule has 3 N–H and O–H groups in total. The van der Waals surface area contributed by atoms with E-state index >= 15 is 0 Å². The second kappa shape index (κ2) is 11.1. The topological polar surface area (TPSA) is 88.8 Å². The molecule has 1 heterocycles. The van der Waals surface area contributed by atoms with E-state index in [0.717, 1.165) is 18.4 Å². The van der Waals surface area contributed by atoms with Crippen LogP contribution in [0.15, 0.2) is 28.8 Å². The van der Waals surface area contributed by atoms with Crippen LogP contribution >= 0.6 is 0 Å². The molecule has 0 saturated carbocycles. The minimum absolute atomic E-state index is 0. The number of nitrogens with two attached hydrogens (primary N) is 1. The van der Waals surface area contributed by atoms with E-state index in [1.807, 2.05) is 24.3 Å². The maximum absolute atomic E-state index is 5.74. The van der Waals surface area contributed by atoms with Crippen LogP contribution < -0.4 is 24.6 Å². The number of hydrogen-bond acceptors (Lipinski definition) is 4. The Hall–Kier alpha value is -1.57. The van der Waals surface area contributed by atoms with Gasteiger partial charge in [-0.3, -0.25) is 0 Å². The van der Waals surface area contributed by atoms with Crippen molar-refractivity contribution >= 4 is 6.34 Å². The molecule has 22 heavy (non-hydrogen) atoms. The van der Waals surface area contributed by atoms with Crippen LogP contribution in [0.5, 0.6) is 0 Å². The first-order chi connectivity index (χ1) is 10.1. The van der Waals surface area contributed by atoms with Crippen molar-refractivity contribution in [1.82, 2.24) is 10.1 Å². The van der Waals surface area contributed by atoms with Gasteiger partial charge in [0.2, 0.25) is 11.7 Å². The Morgan fingerprint density at radius 2 is 1.95 bits per heavy atom. The SMILES string of the molecule is N=[C-]N.[CH2-]CC[C@H]([CH2-])Cc1nc(-c2ccc(C)cc2)no1.[Li+]. The van der Waals surface area contributed by atoms with Crippen LogP contribution in [0.25, 0.3) is 11.4 Å². The molecule has 0 radical (unpaired) electrons. The fourth-order valence-electron chi connectivity index (χ4n) is 1.80. The van der Waals surface area contributed by atoms with Gasteiger partial charge in [-0.25, -0.2) is 0 Å². The largest absolute Gasteiger partial charge is 1.00 e. The van der Waals surface area contributed by atoms with Crippen molar-refractivity contribution in [3.05, 3.63) is 49.6 Å². The second-order valence-corrected chi connectivity index (χ2v) is 4.73. The Labute approximate surface area is 144 Å². The number of rotatable bonds is 5. The van der Waals surface area contributed by atoms with Gasteiger partial charge in [-0.05, 0) is 6.92 Å². The summed E-state index contributed by atoms with van der Waals surface area (Å²) in [7, 11) is 0. The molecule has 2 rings (SSSR count). The molecule has 0 fully saturated rings. The minimum atomic E-state index is 0. The van der Waals surface area contributed by atoms with Crippen molar-refractivity contribution in [2.45, 2.75) is 26.2 Å². The van der Waals surface area contributed by atoms with Gasteiger partial charge in [-0.15, -0.1) is 6.42 Å². The number of benzene rings is 1. The Morgan fingerprint density at radius 3 is 2.50 bits per heavy atom. The maximum Gasteiger partial charge on any atom is 1.00 e. The van der Waals surface area contributed by atoms with Crippen molar-refractivity contribution in [3.63, 3.8) is 0 Å². The van der Waals surface area contributed by atoms with Crippen LogP contribution in [-0.4, -0.2) is 16.5 Å². The van der Waals surface area contributed by atoms with Crippen molar-refractivity contribution in [2.75, 3.05) is 0 Å². The van der Waals surface area contributed by atoms with Crippen LogP contribution in [0.3, 0.4) is 0 Å². The van der Waals surface area contributed by atoms with E-state index in [2.05, 4.69) is 36.6 Å². The predicted molar refractivity (Wildman–Crippen MR) is 83.5 cm³/mol. The quantitative estimate of drug-likeness (QED) is 0.269. The normalized spacial score (nSPS) is 10.9. The smallest absolute Gasteiger partial charge is 0.563 e. The van der Waals surface area contributed by atoms with Gasteiger partial charge in [-0.2, -0.15) is 17.3 Å². The summed E-state index contributed by atoms with van der Waals surface area (Å²) in [6.07, 6.45) is 4.07. The predicted octanol–water partition coefficient (Wildman–Crippen LogP) is 0.0853. The third-order valence-electron chi connectivity index (χ3n) is 2.85. The van der Waals surface area contributed by atoms with Crippen LogP contribution in [0.2, 0.25) is 0 Å². The molecule has 1 aromatic carbocycles. The summed E-state index contributed by atoms with van der Waals surface area (Å²) in [4.78, 5) is 4.39. The Kier molecular flexibility index (Phi) is 10.3. The number of aromatic nitrogens is 2. The summed E-state index contributed by atoms with van der Waals surface area (Å²) in [6.45, 7) is 9.92. The molecule has 0 aliphatic rings. The molecule has 0 aliphatic heterocycles. The van der Waals surface area contributed by atoms with Crippen molar-refractivity contribution in [1.29, 1.82) is 5.41 Å². The van der Waals surface area contributed by atoms with Gasteiger partial charge in [0.1, 0.15) is 0 Å². The summed E-state index contributed by atoms with van der Waals surface area (Å²) >= 11 is 0. The molecule has 0 spiro atoms. The average molecular weight is 292 g/mol. The first kappa shape index (κ1) is 20.4. The molecular formula is C16H21LiN4O-2. The first-order valence-corrected chi connectivity index (χ1v) is 6.75. The van der Waals surface area contributed by atoms with Gasteiger partial charge in [0, 0.05) is 12.0 Å². The van der Waals surface area contributed by atoms with Gasteiger partial charge < -0.3 is 35.9 Å². The Balaban J connectivity index is 0.00000102. The zero-order chi connectivity index (χ0) is 15.7. The summed E-state index contributed by atoms with van der Waals surface area (Å²) in [5.41, 5.74) is 6.46. The standard InChI is InChI=1S/C15H18N2O.CH3N2.Li/c1-4-5-12(3)10-14-16-15(17-18-14)13-8-6-11(2)7-9-13;2-1-3;/h6-9,12H,1,3-5,10H2,2H3;(H3,2,3);/q-2;-1;+1/t12-;;/m0../s1. The zero-order valence-electron chi connectivity index (χ0n) is 13.3. The zero-order valence-corrected chi connectivity index (χ0v) is 13.3.